The summed E-state index contributed by atoms with van der Waals surface area (Å²) < 4.78 is 0. The molecule has 1 aliphatic heterocycles. The molecule has 4 rings (SSSR count). The Morgan fingerprint density at radius 1 is 1.12 bits per heavy atom. The average molecular weight is 227 g/mol. The Hall–Kier alpha value is -1.31. The number of likely N-dealkylation sites (tertiary alicyclic amines) is 1. The summed E-state index contributed by atoms with van der Waals surface area (Å²) in [6.07, 6.45) is 3.97. The predicted octanol–water partition coefficient (Wildman–Crippen LogP) is 2.44. The minimum Gasteiger partial charge on any atom is -0.334 e. The largest absolute Gasteiger partial charge is 0.334 e. The molecule has 0 N–H and O–H groups in total. The number of hydrogen-bond donors (Lipinski definition) is 0. The quantitative estimate of drug-likeness (QED) is 0.711. The summed E-state index contributed by atoms with van der Waals surface area (Å²) in [5.74, 6) is 2.36. The highest BCUT2D eigenvalue weighted by atomic mass is 16.2. The summed E-state index contributed by atoms with van der Waals surface area (Å²) in [5.41, 5.74) is 1.27. The molecule has 2 heteroatoms. The number of amides is 1. The van der Waals surface area contributed by atoms with Gasteiger partial charge in [-0.15, -0.1) is 0 Å². The van der Waals surface area contributed by atoms with Gasteiger partial charge in [-0.3, -0.25) is 4.79 Å². The van der Waals surface area contributed by atoms with Crippen LogP contribution in [-0.2, 0) is 11.3 Å². The van der Waals surface area contributed by atoms with E-state index in [1.807, 2.05) is 6.07 Å². The van der Waals surface area contributed by atoms with Crippen molar-refractivity contribution in [2.75, 3.05) is 0 Å². The highest BCUT2D eigenvalue weighted by molar-refractivity contribution is 5.87. The summed E-state index contributed by atoms with van der Waals surface area (Å²) in [7, 11) is 0. The van der Waals surface area contributed by atoms with Crippen LogP contribution in [-0.4, -0.2) is 16.8 Å². The maximum Gasteiger partial charge on any atom is 0.228 e. The van der Waals surface area contributed by atoms with E-state index in [2.05, 4.69) is 29.2 Å². The van der Waals surface area contributed by atoms with Crippen molar-refractivity contribution in [1.29, 1.82) is 0 Å². The third-order valence-corrected chi connectivity index (χ3v) is 5.00. The van der Waals surface area contributed by atoms with E-state index in [-0.39, 0.29) is 0 Å². The first kappa shape index (κ1) is 9.69. The number of fused-ring (bicyclic) bond motifs is 5. The Kier molecular flexibility index (Phi) is 1.91. The smallest absolute Gasteiger partial charge is 0.228 e. The molecule has 2 bridgehead atoms. The lowest BCUT2D eigenvalue weighted by Gasteiger charge is -2.49. The third kappa shape index (κ3) is 1.24. The van der Waals surface area contributed by atoms with E-state index in [4.69, 9.17) is 0 Å². The molecule has 3 aliphatic rings. The van der Waals surface area contributed by atoms with Crippen molar-refractivity contribution in [3.05, 3.63) is 35.9 Å². The van der Waals surface area contributed by atoms with E-state index in [1.54, 1.807) is 0 Å². The van der Waals surface area contributed by atoms with Crippen molar-refractivity contribution in [3.8, 4) is 0 Å². The summed E-state index contributed by atoms with van der Waals surface area (Å²) >= 11 is 0. The van der Waals surface area contributed by atoms with Crippen molar-refractivity contribution < 1.29 is 4.79 Å². The van der Waals surface area contributed by atoms with E-state index in [1.165, 1.54) is 24.8 Å². The lowest BCUT2D eigenvalue weighted by Crippen LogP contribution is -2.62. The van der Waals surface area contributed by atoms with Crippen LogP contribution in [0.2, 0.25) is 0 Å². The number of carbonyl (C=O) groups excluding carboxylic acids is 1. The van der Waals surface area contributed by atoms with Crippen LogP contribution in [0, 0.1) is 17.8 Å². The van der Waals surface area contributed by atoms with E-state index in [0.29, 0.717) is 17.9 Å². The van der Waals surface area contributed by atoms with Gasteiger partial charge < -0.3 is 4.90 Å². The molecule has 2 aliphatic carbocycles. The standard InChI is InChI=1S/C15H17NO/c17-15-13-11-6-7-12(8-11)14(13)16(15)9-10-4-2-1-3-5-10/h1-5,11-14H,6-9H2/t11-,12+,13-,14+/m0/s1. The first-order valence-electron chi connectivity index (χ1n) is 6.69. The van der Waals surface area contributed by atoms with Crippen LogP contribution in [0.15, 0.2) is 30.3 Å². The van der Waals surface area contributed by atoms with Gasteiger partial charge in [-0.1, -0.05) is 30.3 Å². The maximum atomic E-state index is 12.2. The van der Waals surface area contributed by atoms with Gasteiger partial charge in [0, 0.05) is 12.6 Å². The number of β-lactam (4-membered cyclic amide) rings is 1. The molecule has 0 radical (unpaired) electrons. The van der Waals surface area contributed by atoms with Crippen LogP contribution in [0.1, 0.15) is 24.8 Å². The summed E-state index contributed by atoms with van der Waals surface area (Å²) in [6, 6.07) is 11.0. The minimum atomic E-state index is 0.400. The van der Waals surface area contributed by atoms with Gasteiger partial charge in [0.15, 0.2) is 0 Å². The molecule has 2 saturated carbocycles. The zero-order chi connectivity index (χ0) is 11.4. The van der Waals surface area contributed by atoms with E-state index < -0.39 is 0 Å². The van der Waals surface area contributed by atoms with Crippen LogP contribution in [0.3, 0.4) is 0 Å². The molecule has 4 atom stereocenters. The molecule has 0 aromatic heterocycles. The Balaban J connectivity index is 1.55. The first-order chi connectivity index (χ1) is 8.34. The number of hydrogen-bond acceptors (Lipinski definition) is 1. The Labute approximate surface area is 102 Å². The Bertz CT molecular complexity index is 455. The fraction of sp³-hybridized carbons (Fsp3) is 0.533. The number of benzene rings is 1. The lowest BCUT2D eigenvalue weighted by atomic mass is 9.76. The fourth-order valence-electron chi connectivity index (χ4n) is 4.28. The van der Waals surface area contributed by atoms with Crippen LogP contribution < -0.4 is 0 Å². The molecule has 88 valence electrons. The fourth-order valence-corrected chi connectivity index (χ4v) is 4.28. The van der Waals surface area contributed by atoms with Gasteiger partial charge in [-0.05, 0) is 36.7 Å². The van der Waals surface area contributed by atoms with Crippen LogP contribution in [0.4, 0.5) is 0 Å². The summed E-state index contributed by atoms with van der Waals surface area (Å²) in [6.45, 7) is 0.823. The molecule has 2 nitrogen and oxygen atoms in total. The number of nitrogens with zero attached hydrogens (tertiary/aromatic N) is 1. The summed E-state index contributed by atoms with van der Waals surface area (Å²) in [5, 5.41) is 0. The zero-order valence-electron chi connectivity index (χ0n) is 9.88. The van der Waals surface area contributed by atoms with Gasteiger partial charge in [-0.2, -0.15) is 0 Å². The molecule has 1 amide bonds. The molecule has 3 fully saturated rings. The molecule has 1 saturated heterocycles. The highest BCUT2D eigenvalue weighted by Crippen LogP contribution is 2.56. The van der Waals surface area contributed by atoms with E-state index >= 15 is 0 Å². The zero-order valence-corrected chi connectivity index (χ0v) is 9.88. The second kappa shape index (κ2) is 3.34. The van der Waals surface area contributed by atoms with Crippen molar-refractivity contribution in [1.82, 2.24) is 4.90 Å². The normalized spacial score (nSPS) is 38.1. The molecular formula is C15H17NO. The molecule has 0 spiro atoms. The van der Waals surface area contributed by atoms with Crippen LogP contribution in [0.5, 0.6) is 0 Å². The highest BCUT2D eigenvalue weighted by Gasteiger charge is 2.61. The second-order valence-electron chi connectivity index (χ2n) is 5.80. The van der Waals surface area contributed by atoms with Crippen LogP contribution in [0.25, 0.3) is 0 Å². The monoisotopic (exact) mass is 227 g/mol. The Morgan fingerprint density at radius 2 is 1.88 bits per heavy atom. The minimum absolute atomic E-state index is 0.400. The lowest BCUT2D eigenvalue weighted by molar-refractivity contribution is -0.161. The van der Waals surface area contributed by atoms with Gasteiger partial charge in [-0.25, -0.2) is 0 Å². The predicted molar refractivity (Wildman–Crippen MR) is 65.1 cm³/mol. The molecule has 17 heavy (non-hydrogen) atoms. The van der Waals surface area contributed by atoms with E-state index in [9.17, 15) is 4.79 Å². The van der Waals surface area contributed by atoms with Gasteiger partial charge >= 0.3 is 0 Å². The van der Waals surface area contributed by atoms with Gasteiger partial charge in [0.25, 0.3) is 0 Å². The average Bonchev–Trinajstić information content (AvgIpc) is 2.95. The number of carbonyl (C=O) groups is 1. The SMILES string of the molecule is O=C1[C@H]2[C@H]3CC[C@H](C3)[C@H]2N1Cc1ccccc1. The topological polar surface area (TPSA) is 20.3 Å². The van der Waals surface area contributed by atoms with Crippen molar-refractivity contribution in [3.63, 3.8) is 0 Å². The van der Waals surface area contributed by atoms with Crippen LogP contribution >= 0.6 is 0 Å². The maximum absolute atomic E-state index is 12.2. The molecule has 1 aromatic rings. The number of rotatable bonds is 2. The van der Waals surface area contributed by atoms with Gasteiger partial charge in [0.2, 0.25) is 5.91 Å². The molecular weight excluding hydrogens is 210 g/mol. The van der Waals surface area contributed by atoms with E-state index in [0.717, 1.165) is 18.4 Å². The third-order valence-electron chi connectivity index (χ3n) is 5.00. The summed E-state index contributed by atoms with van der Waals surface area (Å²) in [4.78, 5) is 14.3. The molecule has 1 heterocycles. The van der Waals surface area contributed by atoms with Crippen molar-refractivity contribution in [2.45, 2.75) is 31.8 Å². The molecule has 0 unspecified atom stereocenters. The second-order valence-corrected chi connectivity index (χ2v) is 5.80. The van der Waals surface area contributed by atoms with Crippen molar-refractivity contribution >= 4 is 5.91 Å². The Morgan fingerprint density at radius 3 is 2.71 bits per heavy atom. The van der Waals surface area contributed by atoms with Crippen molar-refractivity contribution in [2.24, 2.45) is 17.8 Å². The van der Waals surface area contributed by atoms with Gasteiger partial charge in [0.1, 0.15) is 0 Å². The molecule has 1 aromatic carbocycles. The first-order valence-corrected chi connectivity index (χ1v) is 6.69. The van der Waals surface area contributed by atoms with Gasteiger partial charge in [0.05, 0.1) is 5.92 Å².